The summed E-state index contributed by atoms with van der Waals surface area (Å²) in [6.45, 7) is 2.24. The van der Waals surface area contributed by atoms with Gasteiger partial charge in [0.25, 0.3) is 0 Å². The lowest BCUT2D eigenvalue weighted by molar-refractivity contribution is 0.0479. The van der Waals surface area contributed by atoms with E-state index < -0.39 is 5.97 Å². The van der Waals surface area contributed by atoms with E-state index in [1.54, 1.807) is 18.5 Å². The summed E-state index contributed by atoms with van der Waals surface area (Å²) in [5.41, 5.74) is 3.37. The maximum Gasteiger partial charge on any atom is 0.352 e. The molecule has 0 aliphatic carbocycles. The molecule has 2 aromatic heterocycles. The first kappa shape index (κ1) is 14.3. The van der Waals surface area contributed by atoms with Gasteiger partial charge in [-0.05, 0) is 36.2 Å². The van der Waals surface area contributed by atoms with Crippen LogP contribution in [0.4, 0.5) is 0 Å². The summed E-state index contributed by atoms with van der Waals surface area (Å²) < 4.78 is 9.19. The zero-order valence-electron chi connectivity index (χ0n) is 11.9. The lowest BCUT2D eigenvalue weighted by Crippen LogP contribution is -2.05. The highest BCUT2D eigenvalue weighted by atomic mass is 32.1. The van der Waals surface area contributed by atoms with Gasteiger partial charge in [-0.1, -0.05) is 34.3 Å². The molecule has 0 radical (unpaired) electrons. The van der Waals surface area contributed by atoms with Crippen molar-refractivity contribution >= 4 is 17.5 Å². The second-order valence-corrected chi connectivity index (χ2v) is 5.51. The van der Waals surface area contributed by atoms with E-state index in [1.807, 2.05) is 37.3 Å². The Morgan fingerprint density at radius 3 is 2.77 bits per heavy atom. The minimum absolute atomic E-state index is 0.226. The van der Waals surface area contributed by atoms with Gasteiger partial charge in [0, 0.05) is 18.0 Å². The summed E-state index contributed by atoms with van der Waals surface area (Å²) in [5, 5.41) is 4.00. The van der Waals surface area contributed by atoms with Crippen LogP contribution in [-0.4, -0.2) is 20.5 Å². The number of ether oxygens (including phenoxy) is 1. The number of benzene rings is 1. The van der Waals surface area contributed by atoms with Crippen LogP contribution in [-0.2, 0) is 11.3 Å². The number of aromatic nitrogens is 3. The van der Waals surface area contributed by atoms with Crippen LogP contribution in [0, 0.1) is 6.92 Å². The van der Waals surface area contributed by atoms with Crippen LogP contribution in [0.5, 0.6) is 0 Å². The Morgan fingerprint density at radius 2 is 2.05 bits per heavy atom. The van der Waals surface area contributed by atoms with Gasteiger partial charge in [-0.15, -0.1) is 5.10 Å². The fourth-order valence-corrected chi connectivity index (χ4v) is 2.50. The zero-order valence-corrected chi connectivity index (χ0v) is 12.7. The predicted molar refractivity (Wildman–Crippen MR) is 83.4 cm³/mol. The van der Waals surface area contributed by atoms with Crippen molar-refractivity contribution in [3.63, 3.8) is 0 Å². The Labute approximate surface area is 131 Å². The zero-order chi connectivity index (χ0) is 15.4. The molecule has 0 aliphatic rings. The highest BCUT2D eigenvalue weighted by molar-refractivity contribution is 7.08. The van der Waals surface area contributed by atoms with Crippen LogP contribution >= 0.6 is 11.5 Å². The van der Waals surface area contributed by atoms with Crippen molar-refractivity contribution in [3.8, 4) is 11.3 Å². The van der Waals surface area contributed by atoms with Gasteiger partial charge < -0.3 is 4.74 Å². The first-order chi connectivity index (χ1) is 10.7. The highest BCUT2D eigenvalue weighted by Crippen LogP contribution is 2.24. The first-order valence-corrected chi connectivity index (χ1v) is 7.47. The van der Waals surface area contributed by atoms with Crippen molar-refractivity contribution in [2.45, 2.75) is 13.5 Å². The molecule has 110 valence electrons. The Morgan fingerprint density at radius 1 is 1.23 bits per heavy atom. The maximum atomic E-state index is 12.2. The molecule has 0 unspecified atom stereocenters. The SMILES string of the molecule is Cc1ccc(COC(=O)c2snnc2-c2cccnc2)cc1. The second kappa shape index (κ2) is 6.44. The van der Waals surface area contributed by atoms with Crippen molar-refractivity contribution < 1.29 is 9.53 Å². The molecule has 0 bridgehead atoms. The van der Waals surface area contributed by atoms with Gasteiger partial charge >= 0.3 is 5.97 Å². The van der Waals surface area contributed by atoms with Crippen LogP contribution in [0.15, 0.2) is 48.8 Å². The Balaban J connectivity index is 1.73. The first-order valence-electron chi connectivity index (χ1n) is 6.69. The van der Waals surface area contributed by atoms with Crippen LogP contribution in [0.2, 0.25) is 0 Å². The fraction of sp³-hybridized carbons (Fsp3) is 0.125. The van der Waals surface area contributed by atoms with E-state index in [1.165, 1.54) is 5.56 Å². The molecular formula is C16H13N3O2S. The number of rotatable bonds is 4. The largest absolute Gasteiger partial charge is 0.457 e. The van der Waals surface area contributed by atoms with Crippen molar-refractivity contribution in [3.05, 3.63) is 64.8 Å². The predicted octanol–water partition coefficient (Wildman–Crippen LogP) is 3.27. The van der Waals surface area contributed by atoms with Crippen molar-refractivity contribution in [2.24, 2.45) is 0 Å². The van der Waals surface area contributed by atoms with Crippen molar-refractivity contribution in [1.29, 1.82) is 0 Å². The fourth-order valence-electron chi connectivity index (χ4n) is 1.92. The Hall–Kier alpha value is -2.60. The number of nitrogens with zero attached hydrogens (tertiary/aromatic N) is 3. The molecule has 22 heavy (non-hydrogen) atoms. The molecule has 0 spiro atoms. The molecule has 5 nitrogen and oxygen atoms in total. The topological polar surface area (TPSA) is 65.0 Å². The molecule has 0 fully saturated rings. The molecule has 3 aromatic rings. The molecule has 2 heterocycles. The third-order valence-corrected chi connectivity index (χ3v) is 3.80. The number of esters is 1. The molecule has 0 saturated heterocycles. The van der Waals surface area contributed by atoms with E-state index >= 15 is 0 Å². The van der Waals surface area contributed by atoms with Gasteiger partial charge in [0.1, 0.15) is 12.3 Å². The number of aryl methyl sites for hydroxylation is 1. The van der Waals surface area contributed by atoms with E-state index in [2.05, 4.69) is 14.6 Å². The average Bonchev–Trinajstić information content (AvgIpc) is 3.04. The van der Waals surface area contributed by atoms with E-state index in [0.29, 0.717) is 10.6 Å². The second-order valence-electron chi connectivity index (χ2n) is 4.75. The summed E-state index contributed by atoms with van der Waals surface area (Å²) in [4.78, 5) is 16.6. The third kappa shape index (κ3) is 3.17. The Bertz CT molecular complexity index is 770. The minimum atomic E-state index is -0.422. The smallest absolute Gasteiger partial charge is 0.352 e. The number of carbonyl (C=O) groups is 1. The quantitative estimate of drug-likeness (QED) is 0.692. The molecule has 0 atom stereocenters. The van der Waals surface area contributed by atoms with E-state index in [9.17, 15) is 4.79 Å². The number of pyridine rings is 1. The van der Waals surface area contributed by atoms with Gasteiger partial charge in [0.2, 0.25) is 0 Å². The standard InChI is InChI=1S/C16H13N3O2S/c1-11-4-6-12(7-5-11)10-21-16(20)15-14(18-19-22-15)13-3-2-8-17-9-13/h2-9H,10H2,1H3. The monoisotopic (exact) mass is 311 g/mol. The van der Waals surface area contributed by atoms with Crippen LogP contribution in [0.25, 0.3) is 11.3 Å². The van der Waals surface area contributed by atoms with E-state index in [4.69, 9.17) is 4.74 Å². The van der Waals surface area contributed by atoms with Gasteiger partial charge in [0.15, 0.2) is 4.88 Å². The average molecular weight is 311 g/mol. The van der Waals surface area contributed by atoms with Crippen LogP contribution < -0.4 is 0 Å². The number of hydrogen-bond donors (Lipinski definition) is 0. The number of hydrogen-bond acceptors (Lipinski definition) is 6. The van der Waals surface area contributed by atoms with Crippen molar-refractivity contribution in [1.82, 2.24) is 14.6 Å². The summed E-state index contributed by atoms with van der Waals surface area (Å²) in [5.74, 6) is -0.422. The highest BCUT2D eigenvalue weighted by Gasteiger charge is 2.19. The van der Waals surface area contributed by atoms with E-state index in [-0.39, 0.29) is 6.61 Å². The molecule has 1 aromatic carbocycles. The summed E-state index contributed by atoms with van der Waals surface area (Å²) in [6.07, 6.45) is 3.31. The molecule has 0 aliphatic heterocycles. The lowest BCUT2D eigenvalue weighted by atomic mass is 10.2. The summed E-state index contributed by atoms with van der Waals surface area (Å²) >= 11 is 1.03. The van der Waals surface area contributed by atoms with Gasteiger partial charge in [0.05, 0.1) is 0 Å². The molecule has 0 amide bonds. The lowest BCUT2D eigenvalue weighted by Gasteiger charge is -2.05. The van der Waals surface area contributed by atoms with Gasteiger partial charge in [-0.2, -0.15) is 0 Å². The maximum absolute atomic E-state index is 12.2. The minimum Gasteiger partial charge on any atom is -0.457 e. The van der Waals surface area contributed by atoms with Gasteiger partial charge in [-0.3, -0.25) is 4.98 Å². The third-order valence-electron chi connectivity index (χ3n) is 3.10. The molecule has 3 rings (SSSR count). The van der Waals surface area contributed by atoms with Crippen molar-refractivity contribution in [2.75, 3.05) is 0 Å². The molecular weight excluding hydrogens is 298 g/mol. The molecule has 0 N–H and O–H groups in total. The summed E-state index contributed by atoms with van der Waals surface area (Å²) in [6, 6.07) is 11.5. The molecule has 6 heteroatoms. The normalized spacial score (nSPS) is 10.4. The molecule has 0 saturated carbocycles. The van der Waals surface area contributed by atoms with Crippen LogP contribution in [0.1, 0.15) is 20.8 Å². The summed E-state index contributed by atoms with van der Waals surface area (Å²) in [7, 11) is 0. The van der Waals surface area contributed by atoms with Crippen LogP contribution in [0.3, 0.4) is 0 Å². The number of carbonyl (C=O) groups excluding carboxylic acids is 1. The van der Waals surface area contributed by atoms with Gasteiger partial charge in [-0.25, -0.2) is 4.79 Å². The Kier molecular flexibility index (Phi) is 4.20. The van der Waals surface area contributed by atoms with E-state index in [0.717, 1.165) is 22.7 Å².